The number of rotatable bonds is 13. The number of hydrogen-bond acceptors (Lipinski definition) is 7. The summed E-state index contributed by atoms with van der Waals surface area (Å²) in [4.78, 5) is 11.8. The molecule has 0 bridgehead atoms. The Balaban J connectivity index is 2.29. The third-order valence-electron chi connectivity index (χ3n) is 4.45. The minimum absolute atomic E-state index is 0.393. The Morgan fingerprint density at radius 2 is 1.61 bits per heavy atom. The van der Waals surface area contributed by atoms with Crippen molar-refractivity contribution >= 4 is 17.9 Å². The second kappa shape index (κ2) is 13.2. The van der Waals surface area contributed by atoms with Crippen LogP contribution in [0, 0.1) is 0 Å². The number of nitrogens with zero attached hydrogens (tertiary/aromatic N) is 1. The van der Waals surface area contributed by atoms with Crippen molar-refractivity contribution in [2.45, 2.75) is 52.7 Å². The van der Waals surface area contributed by atoms with E-state index >= 15 is 0 Å². The van der Waals surface area contributed by atoms with Gasteiger partial charge in [-0.2, -0.15) is 5.10 Å². The van der Waals surface area contributed by atoms with E-state index in [9.17, 15) is 4.79 Å². The van der Waals surface area contributed by atoms with Crippen LogP contribution < -0.4 is 20.6 Å². The first-order chi connectivity index (χ1) is 15.0. The van der Waals surface area contributed by atoms with E-state index < -0.39 is 12.2 Å². The molecule has 2 rings (SSSR count). The van der Waals surface area contributed by atoms with Crippen molar-refractivity contribution in [3.8, 4) is 11.5 Å². The number of carbonyl (C=O) groups excluding carboxylic acids is 1. The third kappa shape index (κ3) is 8.58. The maximum absolute atomic E-state index is 11.8. The van der Waals surface area contributed by atoms with Gasteiger partial charge in [-0.1, -0.05) is 38.8 Å². The molecule has 1 unspecified atom stereocenters. The van der Waals surface area contributed by atoms with Crippen LogP contribution in [-0.2, 0) is 9.53 Å². The van der Waals surface area contributed by atoms with Crippen molar-refractivity contribution < 1.29 is 19.0 Å². The lowest BCUT2D eigenvalue weighted by Gasteiger charge is -2.22. The number of hydrogen-bond donors (Lipinski definition) is 2. The number of ether oxygens (including phenoxy) is 3. The highest BCUT2D eigenvalue weighted by Crippen LogP contribution is 2.30. The Labute approximate surface area is 184 Å². The lowest BCUT2D eigenvalue weighted by molar-refractivity contribution is -0.145. The Bertz CT molecular complexity index is 809. The molecule has 1 atom stereocenters. The van der Waals surface area contributed by atoms with Crippen molar-refractivity contribution in [3.05, 3.63) is 53.6 Å². The average Bonchev–Trinajstić information content (AvgIpc) is 2.75. The van der Waals surface area contributed by atoms with E-state index in [4.69, 9.17) is 20.1 Å². The minimum atomic E-state index is -0.699. The quantitative estimate of drug-likeness (QED) is 0.116. The zero-order valence-corrected chi connectivity index (χ0v) is 18.6. The normalized spacial score (nSPS) is 11.8. The highest BCUT2D eigenvalue weighted by atomic mass is 16.6. The van der Waals surface area contributed by atoms with Crippen molar-refractivity contribution in [3.63, 3.8) is 0 Å². The van der Waals surface area contributed by atoms with Gasteiger partial charge in [0.2, 0.25) is 0 Å². The summed E-state index contributed by atoms with van der Waals surface area (Å²) in [5, 5.41) is 6.78. The monoisotopic (exact) mass is 427 g/mol. The molecule has 0 aliphatic heterocycles. The molecule has 2 aromatic carbocycles. The summed E-state index contributed by atoms with van der Waals surface area (Å²) in [7, 11) is 0. The zero-order valence-electron chi connectivity index (χ0n) is 18.6. The fourth-order valence-corrected chi connectivity index (χ4v) is 2.83. The van der Waals surface area contributed by atoms with Gasteiger partial charge in [0.1, 0.15) is 11.5 Å². The van der Waals surface area contributed by atoms with Crippen molar-refractivity contribution in [1.82, 2.24) is 0 Å². The van der Waals surface area contributed by atoms with Crippen LogP contribution in [0.2, 0.25) is 0 Å². The number of anilines is 1. The van der Waals surface area contributed by atoms with Crippen molar-refractivity contribution in [2.75, 3.05) is 18.5 Å². The number of hydrazone groups is 1. The molecule has 168 valence electrons. The van der Waals surface area contributed by atoms with Gasteiger partial charge in [-0.05, 0) is 42.7 Å². The van der Waals surface area contributed by atoms with Crippen molar-refractivity contribution in [2.24, 2.45) is 10.9 Å². The van der Waals surface area contributed by atoms with Gasteiger partial charge in [0.25, 0.3) is 0 Å². The third-order valence-corrected chi connectivity index (χ3v) is 4.45. The van der Waals surface area contributed by atoms with Gasteiger partial charge in [0.15, 0.2) is 6.23 Å². The minimum Gasteiger partial charge on any atom is -0.493 e. The largest absolute Gasteiger partial charge is 0.493 e. The molecule has 0 aliphatic rings. The summed E-state index contributed by atoms with van der Waals surface area (Å²) in [6, 6.07) is 13.1. The van der Waals surface area contributed by atoms with E-state index in [-0.39, 0.29) is 0 Å². The predicted molar refractivity (Wildman–Crippen MR) is 124 cm³/mol. The highest BCUT2D eigenvalue weighted by Gasteiger charge is 2.18. The van der Waals surface area contributed by atoms with Crippen LogP contribution in [0.25, 0.3) is 0 Å². The number of benzene rings is 2. The number of esters is 1. The molecule has 0 saturated heterocycles. The van der Waals surface area contributed by atoms with Crippen molar-refractivity contribution in [1.29, 1.82) is 0 Å². The second-order valence-corrected chi connectivity index (χ2v) is 7.18. The molecule has 0 radical (unpaired) electrons. The lowest BCUT2D eigenvalue weighted by atomic mass is 10.1. The van der Waals surface area contributed by atoms with Crippen LogP contribution in [0.5, 0.6) is 11.5 Å². The highest BCUT2D eigenvalue weighted by molar-refractivity contribution is 5.80. The van der Waals surface area contributed by atoms with Gasteiger partial charge in [-0.3, -0.25) is 4.79 Å². The van der Waals surface area contributed by atoms with E-state index in [0.717, 1.165) is 42.5 Å². The first-order valence-corrected chi connectivity index (χ1v) is 10.7. The summed E-state index contributed by atoms with van der Waals surface area (Å²) in [6.07, 6.45) is 4.87. The van der Waals surface area contributed by atoms with Gasteiger partial charge in [0.05, 0.1) is 19.4 Å². The molecule has 7 heteroatoms. The summed E-state index contributed by atoms with van der Waals surface area (Å²) in [6.45, 7) is 6.85. The fraction of sp³-hybridized carbons (Fsp3) is 0.417. The van der Waals surface area contributed by atoms with Crippen LogP contribution in [-0.4, -0.2) is 25.4 Å². The smallest absolute Gasteiger partial charge is 0.304 e. The summed E-state index contributed by atoms with van der Waals surface area (Å²) < 4.78 is 17.4. The van der Waals surface area contributed by atoms with Gasteiger partial charge in [-0.25, -0.2) is 0 Å². The molecular weight excluding hydrogens is 394 g/mol. The number of carbonyl (C=O) groups is 1. The number of nitrogens with one attached hydrogen (secondary N) is 1. The predicted octanol–water partition coefficient (Wildman–Crippen LogP) is 5.01. The van der Waals surface area contributed by atoms with E-state index in [1.165, 1.54) is 6.92 Å². The molecule has 0 saturated carbocycles. The molecule has 2 aromatic rings. The Kier molecular flexibility index (Phi) is 10.2. The summed E-state index contributed by atoms with van der Waals surface area (Å²) in [5.41, 5.74) is 2.39. The fourth-order valence-electron chi connectivity index (χ4n) is 2.83. The van der Waals surface area contributed by atoms with Gasteiger partial charge in [0, 0.05) is 24.2 Å². The van der Waals surface area contributed by atoms with Gasteiger partial charge >= 0.3 is 5.97 Å². The molecule has 7 nitrogen and oxygen atoms in total. The molecule has 31 heavy (non-hydrogen) atoms. The number of unbranched alkanes of at least 4 members (excludes halogenated alkanes) is 2. The van der Waals surface area contributed by atoms with Crippen LogP contribution in [0.15, 0.2) is 47.6 Å². The second-order valence-electron chi connectivity index (χ2n) is 7.18. The SMILES string of the molecule is CCCCOc1cc(OCCCC)cc(C(Nc2ccc(C=NN)cc2)OC(C)=O)c1. The standard InChI is InChI=1S/C24H33N3O4/c1-4-6-12-29-22-14-20(15-23(16-22)30-13-7-5-2)24(31-18(3)28)27-21-10-8-19(9-11-21)17-26-25/h8-11,14-17,24,27H,4-7,12-13,25H2,1-3H3. The summed E-state index contributed by atoms with van der Waals surface area (Å²) >= 11 is 0. The molecule has 0 aliphatic carbocycles. The van der Waals surface area contributed by atoms with Gasteiger partial charge < -0.3 is 25.4 Å². The maximum atomic E-state index is 11.8. The molecule has 0 aromatic heterocycles. The van der Waals surface area contributed by atoms with E-state index in [1.807, 2.05) is 42.5 Å². The first kappa shape index (κ1) is 24.1. The van der Waals surface area contributed by atoms with E-state index in [1.54, 1.807) is 6.21 Å². The molecular formula is C24H33N3O4. The average molecular weight is 428 g/mol. The van der Waals surface area contributed by atoms with Crippen LogP contribution in [0.3, 0.4) is 0 Å². The molecule has 0 amide bonds. The molecule has 3 N–H and O–H groups in total. The molecule has 0 spiro atoms. The lowest BCUT2D eigenvalue weighted by Crippen LogP contribution is -2.17. The van der Waals surface area contributed by atoms with Crippen LogP contribution in [0.1, 0.15) is 63.8 Å². The Morgan fingerprint density at radius 3 is 2.10 bits per heavy atom. The Morgan fingerprint density at radius 1 is 1.03 bits per heavy atom. The Hall–Kier alpha value is -3.22. The van der Waals surface area contributed by atoms with Crippen LogP contribution >= 0.6 is 0 Å². The van der Waals surface area contributed by atoms with E-state index in [2.05, 4.69) is 24.3 Å². The van der Waals surface area contributed by atoms with Crippen LogP contribution in [0.4, 0.5) is 5.69 Å². The summed E-state index contributed by atoms with van der Waals surface area (Å²) in [5.74, 6) is 6.18. The number of nitrogens with two attached hydrogens (primary N) is 1. The molecule has 0 fully saturated rings. The topological polar surface area (TPSA) is 95.2 Å². The first-order valence-electron chi connectivity index (χ1n) is 10.7. The van der Waals surface area contributed by atoms with Gasteiger partial charge in [-0.15, -0.1) is 0 Å². The van der Waals surface area contributed by atoms with E-state index in [0.29, 0.717) is 24.7 Å². The molecule has 0 heterocycles. The zero-order chi connectivity index (χ0) is 22.5. The maximum Gasteiger partial charge on any atom is 0.304 e.